The molecule has 0 radical (unpaired) electrons. The number of rotatable bonds is 3. The van der Waals surface area contributed by atoms with E-state index in [1.807, 2.05) is 24.3 Å². The van der Waals surface area contributed by atoms with E-state index < -0.39 is 11.6 Å². The van der Waals surface area contributed by atoms with Crippen molar-refractivity contribution in [2.24, 2.45) is 0 Å². The molecule has 0 amide bonds. The van der Waals surface area contributed by atoms with Gasteiger partial charge in [0, 0.05) is 27.1 Å². The molecule has 0 unspecified atom stereocenters. The number of hydrogen-bond donors (Lipinski definition) is 0. The lowest BCUT2D eigenvalue weighted by molar-refractivity contribution is 0.0973. The van der Waals surface area contributed by atoms with Crippen molar-refractivity contribution < 1.29 is 13.6 Å². The van der Waals surface area contributed by atoms with Crippen LogP contribution in [0.15, 0.2) is 53.1 Å². The lowest BCUT2D eigenvalue weighted by Gasteiger charge is -2.06. The Morgan fingerprint density at radius 3 is 2.67 bits per heavy atom. The molecule has 0 bridgehead atoms. The Morgan fingerprint density at radius 1 is 1.10 bits per heavy atom. The third-order valence-corrected chi connectivity index (χ3v) is 4.01. The van der Waals surface area contributed by atoms with Crippen LogP contribution < -0.4 is 0 Å². The van der Waals surface area contributed by atoms with Crippen LogP contribution in [-0.4, -0.2) is 10.4 Å². The molecule has 0 aliphatic heterocycles. The molecular formula is C16H10BrF2NO. The molecule has 3 aromatic rings. The molecule has 3 rings (SSSR count). The van der Waals surface area contributed by atoms with Gasteiger partial charge in [-0.3, -0.25) is 4.79 Å². The van der Waals surface area contributed by atoms with E-state index in [-0.39, 0.29) is 17.9 Å². The Kier molecular flexibility index (Phi) is 3.59. The second-order valence-corrected chi connectivity index (χ2v) is 5.52. The van der Waals surface area contributed by atoms with Crippen molar-refractivity contribution in [3.8, 4) is 0 Å². The molecule has 0 saturated heterocycles. The van der Waals surface area contributed by atoms with Crippen molar-refractivity contribution in [2.75, 3.05) is 0 Å². The first-order valence-electron chi connectivity index (χ1n) is 6.28. The van der Waals surface area contributed by atoms with E-state index in [1.54, 1.807) is 10.8 Å². The van der Waals surface area contributed by atoms with Crippen LogP contribution in [-0.2, 0) is 6.54 Å². The van der Waals surface area contributed by atoms with Crippen molar-refractivity contribution in [2.45, 2.75) is 6.54 Å². The summed E-state index contributed by atoms with van der Waals surface area (Å²) in [5.74, 6) is -2.24. The molecule has 0 saturated carbocycles. The molecule has 0 aliphatic rings. The summed E-state index contributed by atoms with van der Waals surface area (Å²) in [6, 6.07) is 10.8. The predicted molar refractivity (Wildman–Crippen MR) is 80.3 cm³/mol. The van der Waals surface area contributed by atoms with Crippen LogP contribution in [0.5, 0.6) is 0 Å². The normalized spacial score (nSPS) is 11.0. The number of carbonyl (C=O) groups excluding carboxylic acids is 1. The first-order valence-corrected chi connectivity index (χ1v) is 7.07. The van der Waals surface area contributed by atoms with Gasteiger partial charge in [0.25, 0.3) is 0 Å². The number of carbonyl (C=O) groups is 1. The number of fused-ring (bicyclic) bond motifs is 1. The summed E-state index contributed by atoms with van der Waals surface area (Å²) in [7, 11) is 0. The number of nitrogens with zero attached hydrogens (tertiary/aromatic N) is 1. The molecule has 0 N–H and O–H groups in total. The fourth-order valence-corrected chi connectivity index (χ4v) is 2.73. The van der Waals surface area contributed by atoms with Gasteiger partial charge in [-0.05, 0) is 36.4 Å². The van der Waals surface area contributed by atoms with E-state index in [1.165, 1.54) is 6.07 Å². The Bertz CT molecular complexity index is 841. The predicted octanol–water partition coefficient (Wildman–Crippen LogP) is 4.56. The largest absolute Gasteiger partial charge is 0.340 e. The average molecular weight is 350 g/mol. The third-order valence-electron chi connectivity index (χ3n) is 3.32. The SMILES string of the molecule is O=C(Cn1ccc2c(Br)cccc21)c1ccc(F)c(F)c1. The van der Waals surface area contributed by atoms with Crippen LogP contribution in [0.1, 0.15) is 10.4 Å². The van der Waals surface area contributed by atoms with Crippen LogP contribution in [0.2, 0.25) is 0 Å². The lowest BCUT2D eigenvalue weighted by atomic mass is 10.1. The zero-order chi connectivity index (χ0) is 15.0. The molecule has 2 aromatic carbocycles. The van der Waals surface area contributed by atoms with Crippen LogP contribution in [0.3, 0.4) is 0 Å². The maximum Gasteiger partial charge on any atom is 0.182 e. The van der Waals surface area contributed by atoms with Crippen molar-refractivity contribution in [3.05, 3.63) is 70.3 Å². The van der Waals surface area contributed by atoms with E-state index >= 15 is 0 Å². The molecule has 2 nitrogen and oxygen atoms in total. The van der Waals surface area contributed by atoms with Crippen molar-refractivity contribution >= 4 is 32.6 Å². The number of halogens is 3. The van der Waals surface area contributed by atoms with Crippen LogP contribution in [0, 0.1) is 11.6 Å². The number of ketones is 1. The molecule has 0 spiro atoms. The molecule has 0 atom stereocenters. The minimum atomic E-state index is -1.01. The lowest BCUT2D eigenvalue weighted by Crippen LogP contribution is -2.10. The van der Waals surface area contributed by atoms with Gasteiger partial charge in [-0.25, -0.2) is 8.78 Å². The highest BCUT2D eigenvalue weighted by molar-refractivity contribution is 9.10. The highest BCUT2D eigenvalue weighted by Gasteiger charge is 2.12. The highest BCUT2D eigenvalue weighted by atomic mass is 79.9. The minimum Gasteiger partial charge on any atom is -0.340 e. The van der Waals surface area contributed by atoms with Crippen molar-refractivity contribution in [1.82, 2.24) is 4.57 Å². The number of Topliss-reactive ketones (excluding diaryl/α,β-unsaturated/α-hetero) is 1. The average Bonchev–Trinajstić information content (AvgIpc) is 2.86. The fourth-order valence-electron chi connectivity index (χ4n) is 2.24. The van der Waals surface area contributed by atoms with E-state index in [9.17, 15) is 13.6 Å². The van der Waals surface area contributed by atoms with Gasteiger partial charge < -0.3 is 4.57 Å². The maximum absolute atomic E-state index is 13.2. The molecular weight excluding hydrogens is 340 g/mol. The summed E-state index contributed by atoms with van der Waals surface area (Å²) < 4.78 is 28.8. The van der Waals surface area contributed by atoms with Crippen molar-refractivity contribution in [1.29, 1.82) is 0 Å². The van der Waals surface area contributed by atoms with Gasteiger partial charge in [0.2, 0.25) is 0 Å². The smallest absolute Gasteiger partial charge is 0.182 e. The molecule has 21 heavy (non-hydrogen) atoms. The van der Waals surface area contributed by atoms with Gasteiger partial charge in [0.1, 0.15) is 0 Å². The monoisotopic (exact) mass is 349 g/mol. The van der Waals surface area contributed by atoms with E-state index in [0.717, 1.165) is 27.5 Å². The standard InChI is InChI=1S/C16H10BrF2NO/c17-12-2-1-3-15-11(12)6-7-20(15)9-16(21)10-4-5-13(18)14(19)8-10/h1-8H,9H2. The first-order chi connectivity index (χ1) is 10.1. The topological polar surface area (TPSA) is 22.0 Å². The van der Waals surface area contributed by atoms with Gasteiger partial charge in [-0.15, -0.1) is 0 Å². The van der Waals surface area contributed by atoms with Gasteiger partial charge >= 0.3 is 0 Å². The van der Waals surface area contributed by atoms with E-state index in [0.29, 0.717) is 0 Å². The molecule has 106 valence electrons. The minimum absolute atomic E-state index is 0.0744. The summed E-state index contributed by atoms with van der Waals surface area (Å²) in [5.41, 5.74) is 1.06. The van der Waals surface area contributed by atoms with E-state index in [2.05, 4.69) is 15.9 Å². The Morgan fingerprint density at radius 2 is 1.90 bits per heavy atom. The summed E-state index contributed by atoms with van der Waals surface area (Å²) in [6.45, 7) is 0.0744. The summed E-state index contributed by atoms with van der Waals surface area (Å²) in [4.78, 5) is 12.2. The zero-order valence-corrected chi connectivity index (χ0v) is 12.4. The third kappa shape index (κ3) is 2.61. The quantitative estimate of drug-likeness (QED) is 0.635. The molecule has 5 heteroatoms. The molecule has 1 heterocycles. The first kappa shape index (κ1) is 13.9. The highest BCUT2D eigenvalue weighted by Crippen LogP contribution is 2.25. The summed E-state index contributed by atoms with van der Waals surface area (Å²) in [6.07, 6.45) is 1.80. The Hall–Kier alpha value is -2.01. The number of benzene rings is 2. The summed E-state index contributed by atoms with van der Waals surface area (Å²) in [5, 5.41) is 0.996. The second kappa shape index (κ2) is 5.41. The fraction of sp³-hybridized carbons (Fsp3) is 0.0625. The maximum atomic E-state index is 13.2. The molecule has 0 aliphatic carbocycles. The van der Waals surface area contributed by atoms with Gasteiger partial charge in [0.05, 0.1) is 6.54 Å². The molecule has 0 fully saturated rings. The van der Waals surface area contributed by atoms with Crippen LogP contribution in [0.4, 0.5) is 8.78 Å². The van der Waals surface area contributed by atoms with Gasteiger partial charge in [0.15, 0.2) is 17.4 Å². The van der Waals surface area contributed by atoms with E-state index in [4.69, 9.17) is 0 Å². The Labute approximate surface area is 128 Å². The summed E-state index contributed by atoms with van der Waals surface area (Å²) >= 11 is 3.45. The van der Waals surface area contributed by atoms with Crippen molar-refractivity contribution in [3.63, 3.8) is 0 Å². The Balaban J connectivity index is 1.93. The zero-order valence-electron chi connectivity index (χ0n) is 10.8. The van der Waals surface area contributed by atoms with Gasteiger partial charge in [-0.2, -0.15) is 0 Å². The number of aromatic nitrogens is 1. The second-order valence-electron chi connectivity index (χ2n) is 4.67. The molecule has 1 aromatic heterocycles. The number of hydrogen-bond acceptors (Lipinski definition) is 1. The van der Waals surface area contributed by atoms with Crippen LogP contribution >= 0.6 is 15.9 Å². The van der Waals surface area contributed by atoms with Gasteiger partial charge in [-0.1, -0.05) is 22.0 Å². The van der Waals surface area contributed by atoms with Crippen LogP contribution in [0.25, 0.3) is 10.9 Å².